The van der Waals surface area contributed by atoms with Gasteiger partial charge in [-0.25, -0.2) is 0 Å². The molecule has 0 aliphatic carbocycles. The van der Waals surface area contributed by atoms with Crippen LogP contribution < -0.4 is 10.2 Å². The number of nitrogen functional groups attached to an aromatic ring is 1. The molecule has 1 rings (SSSR count). The highest BCUT2D eigenvalue weighted by atomic mass is 15.3. The largest absolute Gasteiger partial charge is 0.394 e. The zero-order valence-corrected chi connectivity index (χ0v) is 8.26. The third-order valence-electron chi connectivity index (χ3n) is 1.91. The summed E-state index contributed by atoms with van der Waals surface area (Å²) < 4.78 is 0.770. The lowest BCUT2D eigenvalue weighted by atomic mass is 10.2. The molecule has 12 heavy (non-hydrogen) atoms. The number of nitrogens with two attached hydrogens (primary N) is 1. The van der Waals surface area contributed by atoms with Gasteiger partial charge in [-0.05, 0) is 18.6 Å². The van der Waals surface area contributed by atoms with Crippen LogP contribution in [-0.2, 0) is 0 Å². The number of quaternary nitrogens is 1. The average Bonchev–Trinajstić information content (AvgIpc) is 1.83. The zero-order chi connectivity index (χ0) is 9.35. The molecule has 0 saturated carbocycles. The summed E-state index contributed by atoms with van der Waals surface area (Å²) in [6.45, 7) is 2.05. The second-order valence-corrected chi connectivity index (χ2v) is 4.07. The molecule has 66 valence electrons. The molecule has 1 aromatic rings. The van der Waals surface area contributed by atoms with Crippen LogP contribution in [0.1, 0.15) is 5.56 Å². The maximum Gasteiger partial charge on any atom is 0.155 e. The quantitative estimate of drug-likeness (QED) is 0.498. The summed E-state index contributed by atoms with van der Waals surface area (Å²) in [4.78, 5) is 0. The summed E-state index contributed by atoms with van der Waals surface area (Å²) in [5.41, 5.74) is 9.15. The van der Waals surface area contributed by atoms with Crippen molar-refractivity contribution in [3.8, 4) is 0 Å². The summed E-state index contributed by atoms with van der Waals surface area (Å²) in [5, 5.41) is 0. The fourth-order valence-electron chi connectivity index (χ4n) is 1.28. The van der Waals surface area contributed by atoms with Crippen LogP contribution >= 0.6 is 0 Å². The Labute approximate surface area is 74.2 Å². The Balaban J connectivity index is 3.19. The topological polar surface area (TPSA) is 26.0 Å². The molecule has 0 bridgehead atoms. The van der Waals surface area contributed by atoms with Crippen molar-refractivity contribution in [1.82, 2.24) is 4.48 Å². The monoisotopic (exact) mass is 165 g/mol. The van der Waals surface area contributed by atoms with E-state index in [4.69, 9.17) is 5.73 Å². The van der Waals surface area contributed by atoms with Crippen LogP contribution in [0.15, 0.2) is 18.2 Å². The zero-order valence-electron chi connectivity index (χ0n) is 8.26. The number of anilines is 1. The fourth-order valence-corrected chi connectivity index (χ4v) is 1.28. The Morgan fingerprint density at radius 3 is 2.17 bits per heavy atom. The SMILES string of the molecule is Cc1ccc([N+](C)(C)C)c(N)c1. The summed E-state index contributed by atoms with van der Waals surface area (Å²) >= 11 is 0. The van der Waals surface area contributed by atoms with Gasteiger partial charge in [0.1, 0.15) is 0 Å². The molecule has 0 fully saturated rings. The Hall–Kier alpha value is -1.02. The third kappa shape index (κ3) is 1.77. The number of nitrogens with zero attached hydrogens (tertiary/aromatic N) is 1. The molecule has 0 unspecified atom stereocenters. The van der Waals surface area contributed by atoms with Gasteiger partial charge in [-0.3, -0.25) is 4.48 Å². The summed E-state index contributed by atoms with van der Waals surface area (Å²) in [6.07, 6.45) is 0. The van der Waals surface area contributed by atoms with Crippen molar-refractivity contribution in [2.75, 3.05) is 26.9 Å². The Kier molecular flexibility index (Phi) is 2.11. The number of aryl methyl sites for hydroxylation is 1. The van der Waals surface area contributed by atoms with E-state index in [1.54, 1.807) is 0 Å². The van der Waals surface area contributed by atoms with Crippen molar-refractivity contribution in [3.05, 3.63) is 23.8 Å². The van der Waals surface area contributed by atoms with Crippen LogP contribution in [0.25, 0.3) is 0 Å². The first kappa shape index (κ1) is 9.07. The highest BCUT2D eigenvalue weighted by molar-refractivity contribution is 5.65. The molecule has 0 aliphatic rings. The molecule has 0 radical (unpaired) electrons. The lowest BCUT2D eigenvalue weighted by molar-refractivity contribution is 0.488. The van der Waals surface area contributed by atoms with Crippen molar-refractivity contribution in [2.45, 2.75) is 6.92 Å². The molecule has 1 aromatic carbocycles. The van der Waals surface area contributed by atoms with Crippen molar-refractivity contribution >= 4 is 11.4 Å². The molecule has 0 aromatic heterocycles. The van der Waals surface area contributed by atoms with Gasteiger partial charge in [0.25, 0.3) is 0 Å². The maximum absolute atomic E-state index is 5.89. The predicted octanol–water partition coefficient (Wildman–Crippen LogP) is 1.77. The molecule has 0 spiro atoms. The third-order valence-corrected chi connectivity index (χ3v) is 1.91. The normalized spacial score (nSPS) is 11.7. The van der Waals surface area contributed by atoms with Gasteiger partial charge in [-0.15, -0.1) is 0 Å². The van der Waals surface area contributed by atoms with E-state index in [0.717, 1.165) is 10.2 Å². The van der Waals surface area contributed by atoms with E-state index < -0.39 is 0 Å². The lowest BCUT2D eigenvalue weighted by Crippen LogP contribution is -2.35. The van der Waals surface area contributed by atoms with Crippen LogP contribution in [0, 0.1) is 6.92 Å². The van der Waals surface area contributed by atoms with E-state index in [0.29, 0.717) is 0 Å². The first-order valence-electron chi connectivity index (χ1n) is 4.09. The van der Waals surface area contributed by atoms with Crippen molar-refractivity contribution in [3.63, 3.8) is 0 Å². The second-order valence-electron chi connectivity index (χ2n) is 4.07. The first-order chi connectivity index (χ1) is 5.41. The molecule has 0 saturated heterocycles. The average molecular weight is 165 g/mol. The first-order valence-corrected chi connectivity index (χ1v) is 4.09. The number of benzene rings is 1. The van der Waals surface area contributed by atoms with Crippen LogP contribution in [0.5, 0.6) is 0 Å². The van der Waals surface area contributed by atoms with Crippen molar-refractivity contribution < 1.29 is 0 Å². The minimum absolute atomic E-state index is 0.770. The van der Waals surface area contributed by atoms with Gasteiger partial charge >= 0.3 is 0 Å². The molecule has 0 heterocycles. The molecule has 0 aliphatic heterocycles. The maximum atomic E-state index is 5.89. The Morgan fingerprint density at radius 2 is 1.75 bits per heavy atom. The molecular formula is C10H17N2+. The van der Waals surface area contributed by atoms with Crippen molar-refractivity contribution in [1.29, 1.82) is 0 Å². The van der Waals surface area contributed by atoms with Gasteiger partial charge in [-0.2, -0.15) is 0 Å². The summed E-state index contributed by atoms with van der Waals surface area (Å²) in [7, 11) is 6.34. The van der Waals surface area contributed by atoms with Crippen LogP contribution in [0.3, 0.4) is 0 Å². The lowest BCUT2D eigenvalue weighted by Gasteiger charge is -2.24. The number of hydrogen-bond donors (Lipinski definition) is 1. The van der Waals surface area contributed by atoms with E-state index in [9.17, 15) is 0 Å². The number of rotatable bonds is 1. The van der Waals surface area contributed by atoms with Gasteiger partial charge in [0.05, 0.1) is 26.8 Å². The number of hydrogen-bond acceptors (Lipinski definition) is 1. The molecule has 2 heteroatoms. The standard InChI is InChI=1S/C10H17N2/c1-8-5-6-10(9(11)7-8)12(2,3)4/h5-7H,11H2,1-4H3/q+1. The van der Waals surface area contributed by atoms with Crippen LogP contribution in [0.2, 0.25) is 0 Å². The van der Waals surface area contributed by atoms with E-state index in [2.05, 4.69) is 40.2 Å². The summed E-state index contributed by atoms with van der Waals surface area (Å²) in [6, 6.07) is 6.19. The van der Waals surface area contributed by atoms with E-state index in [-0.39, 0.29) is 0 Å². The Bertz CT molecular complexity index is 284. The Morgan fingerprint density at radius 1 is 1.17 bits per heavy atom. The smallest absolute Gasteiger partial charge is 0.155 e. The van der Waals surface area contributed by atoms with Crippen LogP contribution in [0.4, 0.5) is 11.4 Å². The van der Waals surface area contributed by atoms with E-state index >= 15 is 0 Å². The van der Waals surface area contributed by atoms with Gasteiger partial charge in [-0.1, -0.05) is 6.07 Å². The minimum atomic E-state index is 0.770. The molecule has 2 nitrogen and oxygen atoms in total. The highest BCUT2D eigenvalue weighted by Crippen LogP contribution is 2.25. The molecule has 0 atom stereocenters. The van der Waals surface area contributed by atoms with E-state index in [1.807, 2.05) is 6.07 Å². The van der Waals surface area contributed by atoms with Gasteiger partial charge in [0.2, 0.25) is 0 Å². The highest BCUT2D eigenvalue weighted by Gasteiger charge is 2.14. The fraction of sp³-hybridized carbons (Fsp3) is 0.400. The van der Waals surface area contributed by atoms with E-state index in [1.165, 1.54) is 11.3 Å². The van der Waals surface area contributed by atoms with Gasteiger partial charge in [0.15, 0.2) is 5.69 Å². The van der Waals surface area contributed by atoms with Crippen LogP contribution in [-0.4, -0.2) is 21.1 Å². The molecule has 2 N–H and O–H groups in total. The predicted molar refractivity (Wildman–Crippen MR) is 55.2 cm³/mol. The second kappa shape index (κ2) is 2.79. The van der Waals surface area contributed by atoms with Gasteiger partial charge in [0, 0.05) is 6.07 Å². The molecule has 0 amide bonds. The summed E-state index contributed by atoms with van der Waals surface area (Å²) in [5.74, 6) is 0. The molecular weight excluding hydrogens is 148 g/mol. The van der Waals surface area contributed by atoms with Crippen molar-refractivity contribution in [2.24, 2.45) is 0 Å². The van der Waals surface area contributed by atoms with Gasteiger partial charge < -0.3 is 5.73 Å². The minimum Gasteiger partial charge on any atom is -0.394 e.